The molecule has 0 spiro atoms. The summed E-state index contributed by atoms with van der Waals surface area (Å²) < 4.78 is 0. The third kappa shape index (κ3) is 2.97. The molecule has 5 heteroatoms. The third-order valence-corrected chi connectivity index (χ3v) is 3.81. The first-order chi connectivity index (χ1) is 9.02. The molecular formula is C14H24N4O. The van der Waals surface area contributed by atoms with Crippen LogP contribution in [-0.4, -0.2) is 34.8 Å². The maximum Gasteiger partial charge on any atom is 0.137 e. The van der Waals surface area contributed by atoms with Gasteiger partial charge >= 0.3 is 0 Å². The number of nitrogens with zero attached hydrogens (tertiary/aromatic N) is 3. The Morgan fingerprint density at radius 2 is 2.16 bits per heavy atom. The normalized spacial score (nSPS) is 19.4. The second-order valence-corrected chi connectivity index (χ2v) is 5.68. The number of rotatable bonds is 4. The van der Waals surface area contributed by atoms with Crippen molar-refractivity contribution in [2.45, 2.75) is 39.5 Å². The molecule has 0 amide bonds. The summed E-state index contributed by atoms with van der Waals surface area (Å²) in [7, 11) is 0. The first-order valence-corrected chi connectivity index (χ1v) is 7.02. The van der Waals surface area contributed by atoms with E-state index in [-0.39, 0.29) is 12.5 Å². The second kappa shape index (κ2) is 5.74. The quantitative estimate of drug-likeness (QED) is 0.865. The molecule has 3 N–H and O–H groups in total. The van der Waals surface area contributed by atoms with Crippen LogP contribution >= 0.6 is 0 Å². The molecule has 106 valence electrons. The summed E-state index contributed by atoms with van der Waals surface area (Å²) in [5.74, 6) is 3.19. The Morgan fingerprint density at radius 1 is 1.42 bits per heavy atom. The lowest BCUT2D eigenvalue weighted by Gasteiger charge is -2.21. The van der Waals surface area contributed by atoms with Crippen molar-refractivity contribution in [2.75, 3.05) is 30.3 Å². The molecule has 1 aromatic heterocycles. The second-order valence-electron chi connectivity index (χ2n) is 5.68. The topological polar surface area (TPSA) is 75.3 Å². The number of nitrogen functional groups attached to an aromatic ring is 1. The number of hydrogen-bond donors (Lipinski definition) is 2. The Hall–Kier alpha value is -1.36. The fourth-order valence-corrected chi connectivity index (χ4v) is 2.55. The largest absolute Gasteiger partial charge is 0.396 e. The van der Waals surface area contributed by atoms with Crippen LogP contribution in [0.3, 0.4) is 0 Å². The van der Waals surface area contributed by atoms with Crippen molar-refractivity contribution in [1.82, 2.24) is 9.97 Å². The van der Waals surface area contributed by atoms with Gasteiger partial charge in [-0.25, -0.2) is 9.97 Å². The Labute approximate surface area is 114 Å². The van der Waals surface area contributed by atoms with Gasteiger partial charge in [0.1, 0.15) is 17.5 Å². The highest BCUT2D eigenvalue weighted by atomic mass is 16.3. The van der Waals surface area contributed by atoms with Gasteiger partial charge < -0.3 is 15.7 Å². The SMILES string of the molecule is Cc1c(N)nc(C(C)C)nc1N1CCC(CCO)C1. The lowest BCUT2D eigenvalue weighted by Crippen LogP contribution is -2.24. The van der Waals surface area contributed by atoms with Crippen molar-refractivity contribution in [3.05, 3.63) is 11.4 Å². The zero-order valence-electron chi connectivity index (χ0n) is 12.1. The third-order valence-electron chi connectivity index (χ3n) is 3.81. The highest BCUT2D eigenvalue weighted by molar-refractivity contribution is 5.57. The first kappa shape index (κ1) is 14.1. The summed E-state index contributed by atoms with van der Waals surface area (Å²) in [5.41, 5.74) is 6.97. The van der Waals surface area contributed by atoms with Gasteiger partial charge in [-0.15, -0.1) is 0 Å². The van der Waals surface area contributed by atoms with Gasteiger partial charge in [-0.1, -0.05) is 13.8 Å². The molecule has 2 heterocycles. The van der Waals surface area contributed by atoms with Gasteiger partial charge in [-0.05, 0) is 25.7 Å². The summed E-state index contributed by atoms with van der Waals surface area (Å²) in [6.45, 7) is 8.34. The molecule has 0 bridgehead atoms. The van der Waals surface area contributed by atoms with Gasteiger partial charge in [-0.3, -0.25) is 0 Å². The minimum Gasteiger partial charge on any atom is -0.396 e. The first-order valence-electron chi connectivity index (χ1n) is 7.02. The summed E-state index contributed by atoms with van der Waals surface area (Å²) in [4.78, 5) is 11.3. The molecule has 1 aliphatic heterocycles. The molecule has 0 radical (unpaired) electrons. The van der Waals surface area contributed by atoms with E-state index in [1.165, 1.54) is 0 Å². The highest BCUT2D eigenvalue weighted by Crippen LogP contribution is 2.29. The number of aliphatic hydroxyl groups is 1. The number of aliphatic hydroxyl groups excluding tert-OH is 1. The van der Waals surface area contributed by atoms with E-state index in [0.717, 1.165) is 43.1 Å². The van der Waals surface area contributed by atoms with E-state index in [2.05, 4.69) is 28.7 Å². The van der Waals surface area contributed by atoms with Crippen molar-refractivity contribution in [1.29, 1.82) is 0 Å². The average Bonchev–Trinajstić information content (AvgIpc) is 2.81. The zero-order chi connectivity index (χ0) is 14.0. The molecule has 1 atom stereocenters. The van der Waals surface area contributed by atoms with E-state index in [1.807, 2.05) is 6.92 Å². The number of nitrogens with two attached hydrogens (primary N) is 1. The highest BCUT2D eigenvalue weighted by Gasteiger charge is 2.25. The summed E-state index contributed by atoms with van der Waals surface area (Å²) in [5, 5.41) is 9.03. The monoisotopic (exact) mass is 264 g/mol. The molecule has 0 saturated carbocycles. The average molecular weight is 264 g/mol. The van der Waals surface area contributed by atoms with Gasteiger partial charge in [0.2, 0.25) is 0 Å². The Kier molecular flexibility index (Phi) is 4.24. The predicted molar refractivity (Wildman–Crippen MR) is 77.3 cm³/mol. The van der Waals surface area contributed by atoms with Crippen LogP contribution < -0.4 is 10.6 Å². The molecule has 1 fully saturated rings. The standard InChI is InChI=1S/C14H24N4O/c1-9(2)13-16-12(15)10(3)14(17-13)18-6-4-11(8-18)5-7-19/h9,11,19H,4-8H2,1-3H3,(H2,15,16,17). The van der Waals surface area contributed by atoms with Crippen molar-refractivity contribution in [2.24, 2.45) is 5.92 Å². The molecular weight excluding hydrogens is 240 g/mol. The summed E-state index contributed by atoms with van der Waals surface area (Å²) in [6.07, 6.45) is 1.98. The van der Waals surface area contributed by atoms with E-state index in [9.17, 15) is 0 Å². The van der Waals surface area contributed by atoms with Crippen LogP contribution in [0.25, 0.3) is 0 Å². The molecule has 1 aromatic rings. The van der Waals surface area contributed by atoms with Crippen LogP contribution in [0, 0.1) is 12.8 Å². The number of hydrogen-bond acceptors (Lipinski definition) is 5. The molecule has 5 nitrogen and oxygen atoms in total. The fourth-order valence-electron chi connectivity index (χ4n) is 2.55. The van der Waals surface area contributed by atoms with E-state index in [4.69, 9.17) is 10.8 Å². The van der Waals surface area contributed by atoms with Crippen molar-refractivity contribution in [3.63, 3.8) is 0 Å². The van der Waals surface area contributed by atoms with Crippen LogP contribution in [0.2, 0.25) is 0 Å². The maximum absolute atomic E-state index is 9.03. The van der Waals surface area contributed by atoms with Crippen LogP contribution in [0.4, 0.5) is 11.6 Å². The van der Waals surface area contributed by atoms with Crippen molar-refractivity contribution >= 4 is 11.6 Å². The Morgan fingerprint density at radius 3 is 2.79 bits per heavy atom. The number of anilines is 2. The summed E-state index contributed by atoms with van der Waals surface area (Å²) in [6, 6.07) is 0. The Bertz CT molecular complexity index is 447. The van der Waals surface area contributed by atoms with Gasteiger partial charge in [0.15, 0.2) is 0 Å². The van der Waals surface area contributed by atoms with Gasteiger partial charge in [0.25, 0.3) is 0 Å². The fraction of sp³-hybridized carbons (Fsp3) is 0.714. The Balaban J connectivity index is 2.24. The smallest absolute Gasteiger partial charge is 0.137 e. The van der Waals surface area contributed by atoms with Crippen LogP contribution in [0.5, 0.6) is 0 Å². The van der Waals surface area contributed by atoms with E-state index in [0.29, 0.717) is 11.7 Å². The molecule has 19 heavy (non-hydrogen) atoms. The molecule has 0 aromatic carbocycles. The van der Waals surface area contributed by atoms with Crippen molar-refractivity contribution in [3.8, 4) is 0 Å². The van der Waals surface area contributed by atoms with Crippen LogP contribution in [-0.2, 0) is 0 Å². The maximum atomic E-state index is 9.03. The van der Waals surface area contributed by atoms with Gasteiger partial charge in [-0.2, -0.15) is 0 Å². The van der Waals surface area contributed by atoms with Crippen molar-refractivity contribution < 1.29 is 5.11 Å². The molecule has 1 aliphatic rings. The number of aromatic nitrogens is 2. The predicted octanol–water partition coefficient (Wildman–Crippen LogP) is 1.70. The lowest BCUT2D eigenvalue weighted by molar-refractivity contribution is 0.263. The molecule has 2 rings (SSSR count). The minimum absolute atomic E-state index is 0.265. The summed E-state index contributed by atoms with van der Waals surface area (Å²) >= 11 is 0. The zero-order valence-corrected chi connectivity index (χ0v) is 12.1. The molecule has 0 aliphatic carbocycles. The van der Waals surface area contributed by atoms with Gasteiger partial charge in [0, 0.05) is 31.2 Å². The van der Waals surface area contributed by atoms with E-state index < -0.39 is 0 Å². The molecule has 1 unspecified atom stereocenters. The van der Waals surface area contributed by atoms with Gasteiger partial charge in [0.05, 0.1) is 0 Å². The van der Waals surface area contributed by atoms with Crippen LogP contribution in [0.1, 0.15) is 44.0 Å². The van der Waals surface area contributed by atoms with Crippen LogP contribution in [0.15, 0.2) is 0 Å². The lowest BCUT2D eigenvalue weighted by atomic mass is 10.1. The van der Waals surface area contributed by atoms with E-state index >= 15 is 0 Å². The van der Waals surface area contributed by atoms with E-state index in [1.54, 1.807) is 0 Å². The molecule has 1 saturated heterocycles. The minimum atomic E-state index is 0.265.